The Morgan fingerprint density at radius 3 is 2.30 bits per heavy atom. The summed E-state index contributed by atoms with van der Waals surface area (Å²) in [4.78, 5) is 0. The van der Waals surface area contributed by atoms with Gasteiger partial charge in [-0.15, -0.1) is 0 Å². The summed E-state index contributed by atoms with van der Waals surface area (Å²) < 4.78 is 11.2. The fourth-order valence-electron chi connectivity index (χ4n) is 2.06. The standard InChI is InChI=1S/C17H29NO2/c1-6-16(18-7-2)14-8-10-15(11-9-14)20-13-12-17(3,4)19-5/h8-11,16,18H,6-7,12-13H2,1-5H3. The summed E-state index contributed by atoms with van der Waals surface area (Å²) >= 11 is 0. The third kappa shape index (κ3) is 5.51. The zero-order valence-electron chi connectivity index (χ0n) is 13.5. The number of hydrogen-bond donors (Lipinski definition) is 1. The molecule has 0 aliphatic carbocycles. The number of nitrogens with one attached hydrogen (secondary N) is 1. The lowest BCUT2D eigenvalue weighted by atomic mass is 10.0. The molecule has 0 radical (unpaired) electrons. The summed E-state index contributed by atoms with van der Waals surface area (Å²) in [5, 5.41) is 3.48. The summed E-state index contributed by atoms with van der Waals surface area (Å²) in [6.07, 6.45) is 1.97. The Bertz CT molecular complexity index is 373. The van der Waals surface area contributed by atoms with Crippen LogP contribution in [0.1, 0.15) is 52.1 Å². The second-order valence-corrected chi connectivity index (χ2v) is 5.65. The van der Waals surface area contributed by atoms with Gasteiger partial charge in [-0.3, -0.25) is 0 Å². The first kappa shape index (κ1) is 17.0. The maximum Gasteiger partial charge on any atom is 0.119 e. The maximum absolute atomic E-state index is 5.77. The molecule has 3 heteroatoms. The summed E-state index contributed by atoms with van der Waals surface area (Å²) in [6, 6.07) is 8.83. The van der Waals surface area contributed by atoms with Gasteiger partial charge >= 0.3 is 0 Å². The molecule has 1 unspecified atom stereocenters. The first-order valence-electron chi connectivity index (χ1n) is 7.53. The van der Waals surface area contributed by atoms with Crippen molar-refractivity contribution < 1.29 is 9.47 Å². The van der Waals surface area contributed by atoms with Gasteiger partial charge in [0.1, 0.15) is 5.75 Å². The summed E-state index contributed by atoms with van der Waals surface area (Å²) in [5.41, 5.74) is 1.19. The molecule has 1 aromatic carbocycles. The number of benzene rings is 1. The molecule has 0 aromatic heterocycles. The highest BCUT2D eigenvalue weighted by Crippen LogP contribution is 2.21. The largest absolute Gasteiger partial charge is 0.493 e. The first-order valence-corrected chi connectivity index (χ1v) is 7.53. The van der Waals surface area contributed by atoms with Crippen molar-refractivity contribution in [2.24, 2.45) is 0 Å². The van der Waals surface area contributed by atoms with Gasteiger partial charge in [0.25, 0.3) is 0 Å². The second-order valence-electron chi connectivity index (χ2n) is 5.65. The van der Waals surface area contributed by atoms with E-state index >= 15 is 0 Å². The molecule has 1 atom stereocenters. The minimum atomic E-state index is -0.127. The molecule has 1 aromatic rings. The van der Waals surface area contributed by atoms with Gasteiger partial charge in [0.15, 0.2) is 0 Å². The van der Waals surface area contributed by atoms with Crippen molar-refractivity contribution in [1.29, 1.82) is 0 Å². The van der Waals surface area contributed by atoms with E-state index in [0.29, 0.717) is 12.6 Å². The normalized spacial score (nSPS) is 13.2. The van der Waals surface area contributed by atoms with Gasteiger partial charge < -0.3 is 14.8 Å². The van der Waals surface area contributed by atoms with Gasteiger partial charge in [0.05, 0.1) is 12.2 Å². The molecule has 0 amide bonds. The Labute approximate surface area is 123 Å². The highest BCUT2D eigenvalue weighted by molar-refractivity contribution is 5.29. The van der Waals surface area contributed by atoms with Crippen LogP contribution in [0.4, 0.5) is 0 Å². The fourth-order valence-corrected chi connectivity index (χ4v) is 2.06. The quantitative estimate of drug-likeness (QED) is 0.742. The zero-order valence-corrected chi connectivity index (χ0v) is 13.5. The maximum atomic E-state index is 5.77. The fraction of sp³-hybridized carbons (Fsp3) is 0.647. The highest BCUT2D eigenvalue weighted by atomic mass is 16.5. The molecule has 0 spiro atoms. The zero-order chi connectivity index (χ0) is 15.0. The van der Waals surface area contributed by atoms with E-state index in [4.69, 9.17) is 9.47 Å². The van der Waals surface area contributed by atoms with Crippen molar-refractivity contribution in [2.75, 3.05) is 20.3 Å². The van der Waals surface area contributed by atoms with Gasteiger partial charge in [-0.2, -0.15) is 0 Å². The molecule has 114 valence electrons. The van der Waals surface area contributed by atoms with Gasteiger partial charge in [-0.05, 0) is 44.5 Å². The number of rotatable bonds is 9. The molecule has 0 aliphatic rings. The molecule has 20 heavy (non-hydrogen) atoms. The lowest BCUT2D eigenvalue weighted by Crippen LogP contribution is -2.25. The Kier molecular flexibility index (Phi) is 7.03. The molecule has 0 fully saturated rings. The minimum Gasteiger partial charge on any atom is -0.493 e. The van der Waals surface area contributed by atoms with E-state index in [1.54, 1.807) is 7.11 Å². The second kappa shape index (κ2) is 8.28. The van der Waals surface area contributed by atoms with Gasteiger partial charge in [0, 0.05) is 19.6 Å². The van der Waals surface area contributed by atoms with Crippen LogP contribution in [0.3, 0.4) is 0 Å². The van der Waals surface area contributed by atoms with Crippen LogP contribution in [-0.2, 0) is 4.74 Å². The highest BCUT2D eigenvalue weighted by Gasteiger charge is 2.16. The number of hydrogen-bond acceptors (Lipinski definition) is 3. The van der Waals surface area contributed by atoms with E-state index in [1.165, 1.54) is 5.56 Å². The van der Waals surface area contributed by atoms with Crippen LogP contribution in [0, 0.1) is 0 Å². The van der Waals surface area contributed by atoms with E-state index in [-0.39, 0.29) is 5.60 Å². The first-order chi connectivity index (χ1) is 9.52. The van der Waals surface area contributed by atoms with Crippen LogP contribution in [0.15, 0.2) is 24.3 Å². The third-order valence-electron chi connectivity index (χ3n) is 3.67. The summed E-state index contributed by atoms with van der Waals surface area (Å²) in [6.45, 7) is 10.1. The molecular formula is C17H29NO2. The Morgan fingerprint density at radius 1 is 1.15 bits per heavy atom. The monoisotopic (exact) mass is 279 g/mol. The van der Waals surface area contributed by atoms with E-state index in [9.17, 15) is 0 Å². The van der Waals surface area contributed by atoms with Crippen LogP contribution in [-0.4, -0.2) is 25.9 Å². The van der Waals surface area contributed by atoms with E-state index < -0.39 is 0 Å². The molecule has 3 nitrogen and oxygen atoms in total. The average molecular weight is 279 g/mol. The third-order valence-corrected chi connectivity index (χ3v) is 3.67. The van der Waals surface area contributed by atoms with Crippen molar-refractivity contribution in [3.05, 3.63) is 29.8 Å². The van der Waals surface area contributed by atoms with Gasteiger partial charge in [-0.1, -0.05) is 26.0 Å². The lowest BCUT2D eigenvalue weighted by molar-refractivity contribution is 0.00545. The average Bonchev–Trinajstić information content (AvgIpc) is 2.45. The smallest absolute Gasteiger partial charge is 0.119 e. The summed E-state index contributed by atoms with van der Waals surface area (Å²) in [7, 11) is 1.74. The molecule has 1 rings (SSSR count). The molecule has 0 saturated heterocycles. The Hall–Kier alpha value is -1.06. The molecule has 0 saturated carbocycles. The van der Waals surface area contributed by atoms with Crippen molar-refractivity contribution in [2.45, 2.75) is 52.2 Å². The Balaban J connectivity index is 2.50. The predicted octanol–water partition coefficient (Wildman–Crippen LogP) is 3.94. The molecule has 0 aliphatic heterocycles. The van der Waals surface area contributed by atoms with E-state index in [2.05, 4.69) is 57.3 Å². The van der Waals surface area contributed by atoms with Crippen molar-refractivity contribution in [1.82, 2.24) is 5.32 Å². The van der Waals surface area contributed by atoms with Crippen molar-refractivity contribution in [3.8, 4) is 5.75 Å². The van der Waals surface area contributed by atoms with Crippen LogP contribution in [0.5, 0.6) is 5.75 Å². The van der Waals surface area contributed by atoms with Gasteiger partial charge in [-0.25, -0.2) is 0 Å². The predicted molar refractivity (Wildman–Crippen MR) is 84.4 cm³/mol. The van der Waals surface area contributed by atoms with E-state index in [1.807, 2.05) is 0 Å². The minimum absolute atomic E-state index is 0.127. The Morgan fingerprint density at radius 2 is 1.80 bits per heavy atom. The lowest BCUT2D eigenvalue weighted by Gasteiger charge is -2.22. The van der Waals surface area contributed by atoms with Crippen LogP contribution in [0.25, 0.3) is 0 Å². The van der Waals surface area contributed by atoms with Crippen molar-refractivity contribution >= 4 is 0 Å². The molecule has 0 bridgehead atoms. The molecule has 0 heterocycles. The van der Waals surface area contributed by atoms with E-state index in [0.717, 1.165) is 25.1 Å². The van der Waals surface area contributed by atoms with Crippen molar-refractivity contribution in [3.63, 3.8) is 0 Å². The van der Waals surface area contributed by atoms with Crippen LogP contribution in [0.2, 0.25) is 0 Å². The topological polar surface area (TPSA) is 30.5 Å². The molecule has 1 N–H and O–H groups in total. The summed E-state index contributed by atoms with van der Waals surface area (Å²) in [5.74, 6) is 0.923. The van der Waals surface area contributed by atoms with Crippen LogP contribution < -0.4 is 10.1 Å². The number of methoxy groups -OCH3 is 1. The SMILES string of the molecule is CCNC(CC)c1ccc(OCCC(C)(C)OC)cc1. The number of ether oxygens (including phenoxy) is 2. The molecular weight excluding hydrogens is 250 g/mol. The van der Waals surface area contributed by atoms with Crippen LogP contribution >= 0.6 is 0 Å². The van der Waals surface area contributed by atoms with Gasteiger partial charge in [0.2, 0.25) is 0 Å².